The Morgan fingerprint density at radius 3 is 1.92 bits per heavy atom. The fourth-order valence-corrected chi connectivity index (χ4v) is 3.10. The molecule has 1 aliphatic heterocycles. The monoisotopic (exact) mass is 389 g/mol. The molecule has 0 aliphatic carbocycles. The Morgan fingerprint density at radius 2 is 1.48 bits per heavy atom. The highest BCUT2D eigenvalue weighted by Crippen LogP contribution is 2.21. The Morgan fingerprint density at radius 1 is 1.00 bits per heavy atom. The van der Waals surface area contributed by atoms with Crippen LogP contribution in [-0.2, 0) is 10.1 Å². The van der Waals surface area contributed by atoms with Gasteiger partial charge in [-0.25, -0.2) is 0 Å². The largest absolute Gasteiger partial charge is 0.522 e. The molecule has 1 rings (SSSR count). The average molecular weight is 390 g/mol. The lowest BCUT2D eigenvalue weighted by molar-refractivity contribution is -0.0510. The van der Waals surface area contributed by atoms with E-state index < -0.39 is 15.6 Å². The molecule has 1 N–H and O–H groups in total. The molecule has 152 valence electrons. The van der Waals surface area contributed by atoms with Crippen LogP contribution in [0.1, 0.15) is 84.5 Å². The molecule has 1 heterocycles. The first-order valence-electron chi connectivity index (χ1n) is 9.41. The summed E-state index contributed by atoms with van der Waals surface area (Å²) in [5, 5.41) is 0. The second-order valence-electron chi connectivity index (χ2n) is 6.64. The van der Waals surface area contributed by atoms with Crippen molar-refractivity contribution in [2.45, 2.75) is 96.0 Å². The minimum atomic E-state index is -5.84. The molecule has 0 amide bonds. The van der Waals surface area contributed by atoms with Crippen LogP contribution in [-0.4, -0.2) is 42.5 Å². The van der Waals surface area contributed by atoms with Gasteiger partial charge in [0.15, 0.2) is 0 Å². The van der Waals surface area contributed by atoms with Gasteiger partial charge in [-0.15, -0.1) is 0 Å². The van der Waals surface area contributed by atoms with Crippen molar-refractivity contribution in [2.24, 2.45) is 0 Å². The van der Waals surface area contributed by atoms with Gasteiger partial charge in [-0.05, 0) is 38.8 Å². The third-order valence-corrected chi connectivity index (χ3v) is 5.15. The van der Waals surface area contributed by atoms with Crippen LogP contribution in [0.5, 0.6) is 0 Å². The Labute approximate surface area is 150 Å². The van der Waals surface area contributed by atoms with Crippen molar-refractivity contribution in [1.82, 2.24) is 4.90 Å². The molecule has 1 unspecified atom stereocenters. The third kappa shape index (κ3) is 11.8. The summed E-state index contributed by atoms with van der Waals surface area (Å²) in [6.45, 7) is 7.37. The van der Waals surface area contributed by atoms with Gasteiger partial charge in [-0.1, -0.05) is 58.8 Å². The molecule has 0 bridgehead atoms. The van der Waals surface area contributed by atoms with E-state index in [4.69, 9.17) is 13.0 Å². The number of alkyl halides is 3. The first kappa shape index (κ1) is 24.7. The number of rotatable bonds is 10. The highest BCUT2D eigenvalue weighted by molar-refractivity contribution is 7.86. The van der Waals surface area contributed by atoms with Crippen LogP contribution in [0.3, 0.4) is 0 Å². The molecule has 8 heteroatoms. The van der Waals surface area contributed by atoms with Crippen LogP contribution in [0.2, 0.25) is 0 Å². The lowest BCUT2D eigenvalue weighted by Gasteiger charge is -2.22. The Bertz CT molecular complexity index is 427. The zero-order valence-corrected chi connectivity index (χ0v) is 16.3. The maximum absolute atomic E-state index is 10.7. The van der Waals surface area contributed by atoms with Gasteiger partial charge in [0.25, 0.3) is 0 Å². The van der Waals surface area contributed by atoms with E-state index in [0.29, 0.717) is 0 Å². The first-order chi connectivity index (χ1) is 11.6. The van der Waals surface area contributed by atoms with Gasteiger partial charge >= 0.3 is 15.6 Å². The van der Waals surface area contributed by atoms with Crippen LogP contribution in [0, 0.1) is 0 Å². The molecule has 0 spiro atoms. The van der Waals surface area contributed by atoms with Crippen LogP contribution >= 0.6 is 0 Å². The Kier molecular flexibility index (Phi) is 12.7. The van der Waals surface area contributed by atoms with Crippen molar-refractivity contribution < 1.29 is 26.1 Å². The Hall–Kier alpha value is -0.340. The summed E-state index contributed by atoms with van der Waals surface area (Å²) in [7, 11) is -5.84. The van der Waals surface area contributed by atoms with Crippen molar-refractivity contribution in [3.63, 3.8) is 0 Å². The number of hydrogen-bond donors (Lipinski definition) is 1. The van der Waals surface area contributed by atoms with E-state index in [2.05, 4.69) is 18.7 Å². The van der Waals surface area contributed by atoms with Crippen molar-refractivity contribution in [1.29, 1.82) is 0 Å². The minimum Gasteiger partial charge on any atom is -0.300 e. The normalized spacial score (nSPS) is 18.9. The maximum Gasteiger partial charge on any atom is 0.522 e. The predicted octanol–water partition coefficient (Wildman–Crippen LogP) is 5.40. The van der Waals surface area contributed by atoms with E-state index in [1.54, 1.807) is 0 Å². The van der Waals surface area contributed by atoms with Crippen molar-refractivity contribution in [2.75, 3.05) is 13.1 Å². The highest BCUT2D eigenvalue weighted by Gasteiger charge is 2.44. The average Bonchev–Trinajstić information content (AvgIpc) is 2.96. The number of nitrogens with zero attached hydrogens (tertiary/aromatic N) is 1. The summed E-state index contributed by atoms with van der Waals surface area (Å²) in [4.78, 5) is 2.73. The fourth-order valence-electron chi connectivity index (χ4n) is 3.10. The molecule has 1 fully saturated rings. The topological polar surface area (TPSA) is 57.6 Å². The SMILES string of the molecule is CCCCCCCCCCN1CCCC1CC.O=S(=O)(O)C(F)(F)F. The van der Waals surface area contributed by atoms with Gasteiger partial charge in [-0.2, -0.15) is 21.6 Å². The quantitative estimate of drug-likeness (QED) is 0.309. The van der Waals surface area contributed by atoms with Crippen LogP contribution in [0.4, 0.5) is 13.2 Å². The summed E-state index contributed by atoms with van der Waals surface area (Å²) in [5.74, 6) is 0. The smallest absolute Gasteiger partial charge is 0.300 e. The molecule has 0 radical (unpaired) electrons. The van der Waals surface area contributed by atoms with Gasteiger partial charge in [0, 0.05) is 6.04 Å². The van der Waals surface area contributed by atoms with Crippen LogP contribution in [0.15, 0.2) is 0 Å². The van der Waals surface area contributed by atoms with E-state index >= 15 is 0 Å². The van der Waals surface area contributed by atoms with Crippen LogP contribution in [0.25, 0.3) is 0 Å². The molecule has 0 aromatic heterocycles. The lowest BCUT2D eigenvalue weighted by Crippen LogP contribution is -2.29. The molecule has 1 atom stereocenters. The van der Waals surface area contributed by atoms with Gasteiger partial charge in [0.05, 0.1) is 0 Å². The number of unbranched alkanes of at least 4 members (excludes halogenated alkanes) is 7. The summed E-state index contributed by atoms with van der Waals surface area (Å²) in [6.07, 6.45) is 15.8. The number of likely N-dealkylation sites (tertiary alicyclic amines) is 1. The lowest BCUT2D eigenvalue weighted by atomic mass is 10.1. The summed E-state index contributed by atoms with van der Waals surface area (Å²) >= 11 is 0. The molecule has 0 aromatic rings. The molecule has 0 saturated carbocycles. The zero-order chi connectivity index (χ0) is 19.3. The standard InChI is InChI=1S/C16H33N.CHF3O3S/c1-3-5-6-7-8-9-10-11-14-17-15-12-13-16(17)4-2;2-1(3,4)8(5,6)7/h16H,3-15H2,1-2H3;(H,5,6,7). The molecule has 1 aliphatic rings. The van der Waals surface area contributed by atoms with E-state index in [-0.39, 0.29) is 0 Å². The summed E-state index contributed by atoms with van der Waals surface area (Å²) < 4.78 is 57.5. The van der Waals surface area contributed by atoms with Crippen LogP contribution < -0.4 is 0 Å². The Balaban J connectivity index is 0.000000609. The summed E-state index contributed by atoms with van der Waals surface area (Å²) in [5.41, 5.74) is -5.53. The van der Waals surface area contributed by atoms with Gasteiger partial charge in [-0.3, -0.25) is 4.55 Å². The van der Waals surface area contributed by atoms with Crippen molar-refractivity contribution >= 4 is 10.1 Å². The molecular weight excluding hydrogens is 355 g/mol. The third-order valence-electron chi connectivity index (χ3n) is 4.56. The second-order valence-corrected chi connectivity index (χ2v) is 8.05. The van der Waals surface area contributed by atoms with Crippen molar-refractivity contribution in [3.8, 4) is 0 Å². The number of hydrogen-bond acceptors (Lipinski definition) is 3. The first-order valence-corrected chi connectivity index (χ1v) is 10.8. The summed E-state index contributed by atoms with van der Waals surface area (Å²) in [6, 6.07) is 0.916. The highest BCUT2D eigenvalue weighted by atomic mass is 32.2. The molecule has 25 heavy (non-hydrogen) atoms. The van der Waals surface area contributed by atoms with Gasteiger partial charge in [0.2, 0.25) is 0 Å². The number of halogens is 3. The minimum absolute atomic E-state index is 0.916. The van der Waals surface area contributed by atoms with E-state index in [0.717, 1.165) is 6.04 Å². The maximum atomic E-state index is 10.7. The molecular formula is C17H34F3NO3S. The predicted molar refractivity (Wildman–Crippen MR) is 95.1 cm³/mol. The second kappa shape index (κ2) is 12.9. The zero-order valence-electron chi connectivity index (χ0n) is 15.5. The van der Waals surface area contributed by atoms with E-state index in [1.807, 2.05) is 0 Å². The molecule has 1 saturated heterocycles. The van der Waals surface area contributed by atoms with E-state index in [9.17, 15) is 13.2 Å². The molecule has 0 aromatic carbocycles. The van der Waals surface area contributed by atoms with Crippen molar-refractivity contribution in [3.05, 3.63) is 0 Å². The van der Waals surface area contributed by atoms with Gasteiger partial charge < -0.3 is 4.90 Å². The fraction of sp³-hybridized carbons (Fsp3) is 1.00. The van der Waals surface area contributed by atoms with Gasteiger partial charge in [0.1, 0.15) is 0 Å². The van der Waals surface area contributed by atoms with E-state index in [1.165, 1.54) is 83.7 Å². The molecule has 4 nitrogen and oxygen atoms in total.